The predicted octanol–water partition coefficient (Wildman–Crippen LogP) is 1.41. The summed E-state index contributed by atoms with van der Waals surface area (Å²) in [6.07, 6.45) is 8.02. The topological polar surface area (TPSA) is 23.5 Å². The van der Waals surface area contributed by atoms with Crippen molar-refractivity contribution in [2.45, 2.75) is 38.3 Å². The third kappa shape index (κ3) is 2.95. The Balaban J connectivity index is 2.34. The summed E-state index contributed by atoms with van der Waals surface area (Å²) in [4.78, 5) is 2.22. The Morgan fingerprint density at radius 3 is 2.92 bits per heavy atom. The maximum absolute atomic E-state index is 9.19. The highest BCUT2D eigenvalue weighted by molar-refractivity contribution is 4.98. The van der Waals surface area contributed by atoms with Crippen molar-refractivity contribution in [3.63, 3.8) is 0 Å². The van der Waals surface area contributed by atoms with E-state index in [0.717, 1.165) is 6.54 Å². The van der Waals surface area contributed by atoms with E-state index in [1.165, 1.54) is 19.3 Å². The first kappa shape index (κ1) is 9.75. The molecule has 2 heteroatoms. The lowest BCUT2D eigenvalue weighted by Crippen LogP contribution is -2.36. The van der Waals surface area contributed by atoms with Gasteiger partial charge in [0.15, 0.2) is 0 Å². The highest BCUT2D eigenvalue weighted by atomic mass is 16.3. The molecular weight excluding hydrogens is 150 g/mol. The van der Waals surface area contributed by atoms with Crippen molar-refractivity contribution >= 4 is 0 Å². The zero-order chi connectivity index (χ0) is 8.97. The average Bonchev–Trinajstić information content (AvgIpc) is 2.05. The lowest BCUT2D eigenvalue weighted by molar-refractivity contribution is 0.124. The van der Waals surface area contributed by atoms with Crippen LogP contribution >= 0.6 is 0 Å². The van der Waals surface area contributed by atoms with Crippen LogP contribution in [0.15, 0.2) is 12.2 Å². The van der Waals surface area contributed by atoms with Gasteiger partial charge in [0.2, 0.25) is 0 Å². The van der Waals surface area contributed by atoms with Crippen molar-refractivity contribution in [1.29, 1.82) is 0 Å². The van der Waals surface area contributed by atoms with E-state index in [2.05, 4.69) is 24.1 Å². The minimum absolute atomic E-state index is 0.217. The van der Waals surface area contributed by atoms with E-state index < -0.39 is 0 Å². The second kappa shape index (κ2) is 4.63. The third-order valence-corrected chi connectivity index (χ3v) is 2.35. The Labute approximate surface area is 74.9 Å². The van der Waals surface area contributed by atoms with Gasteiger partial charge >= 0.3 is 0 Å². The number of rotatable bonds is 3. The summed E-state index contributed by atoms with van der Waals surface area (Å²) in [7, 11) is 2.08. The van der Waals surface area contributed by atoms with Crippen molar-refractivity contribution in [2.75, 3.05) is 13.6 Å². The van der Waals surface area contributed by atoms with E-state index in [-0.39, 0.29) is 6.10 Å². The standard InChI is InChI=1S/C10H19NO/c1-9(12)8-11(2)10-6-4-3-5-7-10/h4,6,9-10,12H,3,5,7-8H2,1-2H3. The van der Waals surface area contributed by atoms with Crippen LogP contribution in [0.2, 0.25) is 0 Å². The predicted molar refractivity (Wildman–Crippen MR) is 51.1 cm³/mol. The second-order valence-electron chi connectivity index (χ2n) is 3.72. The molecule has 12 heavy (non-hydrogen) atoms. The molecule has 2 unspecified atom stereocenters. The van der Waals surface area contributed by atoms with Crippen LogP contribution in [0.25, 0.3) is 0 Å². The fraction of sp³-hybridized carbons (Fsp3) is 0.800. The number of aliphatic hydroxyl groups is 1. The van der Waals surface area contributed by atoms with Gasteiger partial charge in [-0.1, -0.05) is 12.2 Å². The maximum Gasteiger partial charge on any atom is 0.0639 e. The fourth-order valence-electron chi connectivity index (χ4n) is 1.71. The minimum atomic E-state index is -0.217. The average molecular weight is 169 g/mol. The molecule has 0 spiro atoms. The van der Waals surface area contributed by atoms with Crippen molar-refractivity contribution in [1.82, 2.24) is 4.90 Å². The summed E-state index contributed by atoms with van der Waals surface area (Å²) in [5, 5.41) is 9.19. The fourth-order valence-corrected chi connectivity index (χ4v) is 1.71. The molecule has 0 heterocycles. The monoisotopic (exact) mass is 169 g/mol. The van der Waals surface area contributed by atoms with Gasteiger partial charge in [-0.2, -0.15) is 0 Å². The molecule has 0 saturated heterocycles. The molecule has 1 aliphatic carbocycles. The van der Waals surface area contributed by atoms with Gasteiger partial charge in [0.05, 0.1) is 6.10 Å². The summed E-state index contributed by atoms with van der Waals surface area (Å²) in [6.45, 7) is 2.61. The van der Waals surface area contributed by atoms with E-state index in [0.29, 0.717) is 6.04 Å². The summed E-state index contributed by atoms with van der Waals surface area (Å²) in [5.74, 6) is 0. The highest BCUT2D eigenvalue weighted by Gasteiger charge is 2.14. The van der Waals surface area contributed by atoms with Gasteiger partial charge in [0.25, 0.3) is 0 Å². The van der Waals surface area contributed by atoms with E-state index in [1.807, 2.05) is 6.92 Å². The highest BCUT2D eigenvalue weighted by Crippen LogP contribution is 2.14. The zero-order valence-electron chi connectivity index (χ0n) is 8.03. The second-order valence-corrected chi connectivity index (χ2v) is 3.72. The zero-order valence-corrected chi connectivity index (χ0v) is 8.03. The molecule has 0 aromatic heterocycles. The van der Waals surface area contributed by atoms with Gasteiger partial charge in [-0.3, -0.25) is 4.90 Å². The molecule has 2 atom stereocenters. The number of hydrogen-bond acceptors (Lipinski definition) is 2. The first-order valence-corrected chi connectivity index (χ1v) is 4.75. The molecule has 0 saturated carbocycles. The number of likely N-dealkylation sites (N-methyl/N-ethyl adjacent to an activating group) is 1. The van der Waals surface area contributed by atoms with E-state index >= 15 is 0 Å². The normalized spacial score (nSPS) is 26.2. The molecule has 0 amide bonds. The van der Waals surface area contributed by atoms with Gasteiger partial charge in [0, 0.05) is 12.6 Å². The molecular formula is C10H19NO. The number of nitrogens with zero attached hydrogens (tertiary/aromatic N) is 1. The molecule has 1 aliphatic rings. The quantitative estimate of drug-likeness (QED) is 0.646. The Kier molecular flexibility index (Phi) is 3.76. The van der Waals surface area contributed by atoms with Gasteiger partial charge in [-0.15, -0.1) is 0 Å². The molecule has 0 aliphatic heterocycles. The van der Waals surface area contributed by atoms with Crippen LogP contribution in [0.5, 0.6) is 0 Å². The van der Waals surface area contributed by atoms with Gasteiger partial charge in [-0.25, -0.2) is 0 Å². The Morgan fingerprint density at radius 2 is 2.42 bits per heavy atom. The van der Waals surface area contributed by atoms with Crippen molar-refractivity contribution < 1.29 is 5.11 Å². The Hall–Kier alpha value is -0.340. The van der Waals surface area contributed by atoms with Gasteiger partial charge in [-0.05, 0) is 33.2 Å². The molecule has 0 radical (unpaired) electrons. The molecule has 0 fully saturated rings. The summed E-state index contributed by atoms with van der Waals surface area (Å²) >= 11 is 0. The van der Waals surface area contributed by atoms with Gasteiger partial charge in [0.1, 0.15) is 0 Å². The summed E-state index contributed by atoms with van der Waals surface area (Å²) < 4.78 is 0. The first-order chi connectivity index (χ1) is 5.70. The number of hydrogen-bond donors (Lipinski definition) is 1. The molecule has 0 bridgehead atoms. The molecule has 1 rings (SSSR count). The van der Waals surface area contributed by atoms with Crippen LogP contribution in [0.1, 0.15) is 26.2 Å². The van der Waals surface area contributed by atoms with Crippen LogP contribution in [0.3, 0.4) is 0 Å². The van der Waals surface area contributed by atoms with Crippen LogP contribution in [0.4, 0.5) is 0 Å². The first-order valence-electron chi connectivity index (χ1n) is 4.75. The number of allylic oxidation sites excluding steroid dienone is 1. The summed E-state index contributed by atoms with van der Waals surface area (Å²) in [5.41, 5.74) is 0. The van der Waals surface area contributed by atoms with Crippen LogP contribution in [0, 0.1) is 0 Å². The largest absolute Gasteiger partial charge is 0.392 e. The third-order valence-electron chi connectivity index (χ3n) is 2.35. The van der Waals surface area contributed by atoms with Crippen LogP contribution in [-0.2, 0) is 0 Å². The smallest absolute Gasteiger partial charge is 0.0639 e. The van der Waals surface area contributed by atoms with E-state index in [9.17, 15) is 5.11 Å². The Morgan fingerprint density at radius 1 is 1.67 bits per heavy atom. The maximum atomic E-state index is 9.19. The Bertz CT molecular complexity index is 154. The van der Waals surface area contributed by atoms with Crippen LogP contribution in [-0.4, -0.2) is 35.7 Å². The number of aliphatic hydroxyl groups excluding tert-OH is 1. The molecule has 1 N–H and O–H groups in total. The molecule has 2 nitrogen and oxygen atoms in total. The SMILES string of the molecule is CC(O)CN(C)C1C=CCCC1. The van der Waals surface area contributed by atoms with Gasteiger partial charge < -0.3 is 5.11 Å². The molecule has 0 aromatic carbocycles. The van der Waals surface area contributed by atoms with Crippen molar-refractivity contribution in [3.05, 3.63) is 12.2 Å². The molecule has 0 aromatic rings. The molecule has 70 valence electrons. The lowest BCUT2D eigenvalue weighted by Gasteiger charge is -2.28. The summed E-state index contributed by atoms with van der Waals surface area (Å²) in [6, 6.07) is 0.549. The minimum Gasteiger partial charge on any atom is -0.392 e. The van der Waals surface area contributed by atoms with E-state index in [1.54, 1.807) is 0 Å². The lowest BCUT2D eigenvalue weighted by atomic mass is 10.0. The van der Waals surface area contributed by atoms with Crippen molar-refractivity contribution in [3.8, 4) is 0 Å². The van der Waals surface area contributed by atoms with Crippen LogP contribution < -0.4 is 0 Å². The van der Waals surface area contributed by atoms with E-state index in [4.69, 9.17) is 0 Å². The van der Waals surface area contributed by atoms with Crippen molar-refractivity contribution in [2.24, 2.45) is 0 Å².